The molecule has 1 rings (SSSR count). The molecular weight excluding hydrogens is 276 g/mol. The van der Waals surface area contributed by atoms with Crippen LogP contribution >= 0.6 is 0 Å². The third kappa shape index (κ3) is 4.94. The van der Waals surface area contributed by atoms with Gasteiger partial charge in [-0.2, -0.15) is 4.98 Å². The maximum atomic E-state index is 11.5. The molecule has 116 valence electrons. The molecule has 0 aromatic carbocycles. The number of esters is 1. The summed E-state index contributed by atoms with van der Waals surface area (Å²) in [4.78, 5) is 26.4. The van der Waals surface area contributed by atoms with Gasteiger partial charge >= 0.3 is 11.9 Å². The van der Waals surface area contributed by atoms with Crippen LogP contribution in [0.4, 0.5) is 5.82 Å². The Morgan fingerprint density at radius 2 is 2.00 bits per heavy atom. The fourth-order valence-electron chi connectivity index (χ4n) is 1.76. The van der Waals surface area contributed by atoms with Gasteiger partial charge < -0.3 is 19.9 Å². The molecule has 7 nitrogen and oxygen atoms in total. The number of carboxylic acids is 1. The predicted octanol–water partition coefficient (Wildman–Crippen LogP) is 1.93. The summed E-state index contributed by atoms with van der Waals surface area (Å²) in [5, 5.41) is 11.9. The predicted molar refractivity (Wildman–Crippen MR) is 76.7 cm³/mol. The summed E-state index contributed by atoms with van der Waals surface area (Å²) in [6, 6.07) is 3.17. The number of carbonyl (C=O) groups is 2. The second-order valence-corrected chi connectivity index (χ2v) is 5.15. The van der Waals surface area contributed by atoms with Gasteiger partial charge in [-0.25, -0.2) is 4.79 Å². The number of aliphatic carboxylic acids is 1. The second kappa shape index (κ2) is 6.92. The maximum absolute atomic E-state index is 11.5. The summed E-state index contributed by atoms with van der Waals surface area (Å²) in [7, 11) is 2.69. The number of nitrogens with zero attached hydrogens (tertiary/aromatic N) is 1. The van der Waals surface area contributed by atoms with Gasteiger partial charge in [0.25, 0.3) is 0 Å². The van der Waals surface area contributed by atoms with Crippen LogP contribution < -0.4 is 10.1 Å². The van der Waals surface area contributed by atoms with Crippen LogP contribution in [-0.2, 0) is 9.53 Å². The third-order valence-electron chi connectivity index (χ3n) is 2.89. The number of carbonyl (C=O) groups excluding carboxylic acids is 1. The highest BCUT2D eigenvalue weighted by atomic mass is 16.5. The molecule has 0 saturated carbocycles. The van der Waals surface area contributed by atoms with E-state index in [0.717, 1.165) is 0 Å². The fraction of sp³-hybridized carbons (Fsp3) is 0.500. The van der Waals surface area contributed by atoms with E-state index in [0.29, 0.717) is 12.2 Å². The molecule has 0 aliphatic rings. The van der Waals surface area contributed by atoms with E-state index in [9.17, 15) is 9.59 Å². The Labute approximate surface area is 123 Å². The molecule has 0 radical (unpaired) electrons. The fourth-order valence-corrected chi connectivity index (χ4v) is 1.76. The highest BCUT2D eigenvalue weighted by Crippen LogP contribution is 2.23. The van der Waals surface area contributed by atoms with Crippen LogP contribution in [0.25, 0.3) is 0 Å². The molecule has 0 saturated heterocycles. The maximum Gasteiger partial charge on any atom is 0.343 e. The summed E-state index contributed by atoms with van der Waals surface area (Å²) >= 11 is 0. The van der Waals surface area contributed by atoms with E-state index in [4.69, 9.17) is 9.84 Å². The largest absolute Gasteiger partial charge is 0.481 e. The Bertz CT molecular complexity index is 528. The molecule has 0 fully saturated rings. The first-order valence-electron chi connectivity index (χ1n) is 6.42. The van der Waals surface area contributed by atoms with E-state index in [1.54, 1.807) is 12.1 Å². The van der Waals surface area contributed by atoms with Crippen molar-refractivity contribution in [2.75, 3.05) is 19.5 Å². The van der Waals surface area contributed by atoms with E-state index < -0.39 is 17.5 Å². The standard InChI is InChI=1S/C14H20N2O5/c1-14(2,8-7-11(17)18)16-10-6-5-9(13(19)21-4)12(15-10)20-3/h5-6H,7-8H2,1-4H3,(H,15,16)(H,17,18). The van der Waals surface area contributed by atoms with Gasteiger partial charge in [-0.1, -0.05) is 0 Å². The van der Waals surface area contributed by atoms with Crippen molar-refractivity contribution in [3.8, 4) is 5.88 Å². The van der Waals surface area contributed by atoms with Gasteiger partial charge in [0.15, 0.2) is 0 Å². The van der Waals surface area contributed by atoms with Crippen molar-refractivity contribution in [3.05, 3.63) is 17.7 Å². The number of nitrogens with one attached hydrogen (secondary N) is 1. The first-order valence-corrected chi connectivity index (χ1v) is 6.42. The monoisotopic (exact) mass is 296 g/mol. The summed E-state index contributed by atoms with van der Waals surface area (Å²) in [5.41, 5.74) is -0.225. The zero-order valence-electron chi connectivity index (χ0n) is 12.6. The molecule has 0 atom stereocenters. The smallest absolute Gasteiger partial charge is 0.343 e. The zero-order valence-corrected chi connectivity index (χ0v) is 12.6. The first kappa shape index (κ1) is 16.7. The van der Waals surface area contributed by atoms with Crippen LogP contribution in [0, 0.1) is 0 Å². The Hall–Kier alpha value is -2.31. The van der Waals surface area contributed by atoms with Crippen molar-refractivity contribution < 1.29 is 24.2 Å². The summed E-state index contributed by atoms with van der Waals surface area (Å²) in [6.07, 6.45) is 0.489. The van der Waals surface area contributed by atoms with E-state index in [-0.39, 0.29) is 17.9 Å². The lowest BCUT2D eigenvalue weighted by atomic mass is 9.98. The van der Waals surface area contributed by atoms with Crippen LogP contribution in [-0.4, -0.2) is 41.8 Å². The molecule has 2 N–H and O–H groups in total. The van der Waals surface area contributed by atoms with Crippen LogP contribution in [0.2, 0.25) is 0 Å². The number of pyridine rings is 1. The average molecular weight is 296 g/mol. The lowest BCUT2D eigenvalue weighted by molar-refractivity contribution is -0.137. The molecule has 0 aliphatic carbocycles. The van der Waals surface area contributed by atoms with Crippen molar-refractivity contribution in [1.82, 2.24) is 4.98 Å². The molecule has 0 amide bonds. The van der Waals surface area contributed by atoms with Crippen molar-refractivity contribution in [2.45, 2.75) is 32.2 Å². The van der Waals surface area contributed by atoms with E-state index in [1.165, 1.54) is 14.2 Å². The number of aromatic nitrogens is 1. The number of ether oxygens (including phenoxy) is 2. The average Bonchev–Trinajstić information content (AvgIpc) is 2.44. The molecule has 0 spiro atoms. The molecular formula is C14H20N2O5. The minimum absolute atomic E-state index is 0.0530. The number of hydrogen-bond donors (Lipinski definition) is 2. The van der Waals surface area contributed by atoms with Crippen LogP contribution in [0.3, 0.4) is 0 Å². The Morgan fingerprint density at radius 3 is 2.52 bits per heavy atom. The van der Waals surface area contributed by atoms with Gasteiger partial charge in [-0.15, -0.1) is 0 Å². The van der Waals surface area contributed by atoms with Gasteiger partial charge in [0.1, 0.15) is 11.4 Å². The number of hydrogen-bond acceptors (Lipinski definition) is 6. The second-order valence-electron chi connectivity index (χ2n) is 5.15. The highest BCUT2D eigenvalue weighted by molar-refractivity contribution is 5.92. The van der Waals surface area contributed by atoms with Crippen LogP contribution in [0.5, 0.6) is 5.88 Å². The molecule has 1 aromatic rings. The minimum atomic E-state index is -0.851. The zero-order chi connectivity index (χ0) is 16.0. The van der Waals surface area contributed by atoms with Crippen molar-refractivity contribution in [1.29, 1.82) is 0 Å². The van der Waals surface area contributed by atoms with Crippen LogP contribution in [0.1, 0.15) is 37.0 Å². The minimum Gasteiger partial charge on any atom is -0.481 e. The SMILES string of the molecule is COC(=O)c1ccc(NC(C)(C)CCC(=O)O)nc1OC. The number of methoxy groups -OCH3 is 2. The van der Waals surface area contributed by atoms with E-state index in [1.807, 2.05) is 13.8 Å². The van der Waals surface area contributed by atoms with Crippen molar-refractivity contribution in [3.63, 3.8) is 0 Å². The van der Waals surface area contributed by atoms with Gasteiger partial charge in [-0.3, -0.25) is 4.79 Å². The van der Waals surface area contributed by atoms with Gasteiger partial charge in [0, 0.05) is 12.0 Å². The van der Waals surface area contributed by atoms with Gasteiger partial charge in [0.2, 0.25) is 5.88 Å². The summed E-state index contributed by atoms with van der Waals surface area (Å²) in [6.45, 7) is 3.75. The molecule has 1 aromatic heterocycles. The topological polar surface area (TPSA) is 97.8 Å². The lowest BCUT2D eigenvalue weighted by Crippen LogP contribution is -2.32. The molecule has 0 bridgehead atoms. The molecule has 0 aliphatic heterocycles. The number of carboxylic acid groups (broad SMARTS) is 1. The molecule has 0 unspecified atom stereocenters. The molecule has 1 heterocycles. The van der Waals surface area contributed by atoms with Gasteiger partial charge in [-0.05, 0) is 32.4 Å². The molecule has 7 heteroatoms. The van der Waals surface area contributed by atoms with Gasteiger partial charge in [0.05, 0.1) is 14.2 Å². The van der Waals surface area contributed by atoms with Crippen molar-refractivity contribution in [2.24, 2.45) is 0 Å². The summed E-state index contributed by atoms with van der Waals surface area (Å²) < 4.78 is 9.72. The van der Waals surface area contributed by atoms with E-state index in [2.05, 4.69) is 15.0 Å². The lowest BCUT2D eigenvalue weighted by Gasteiger charge is -2.26. The quantitative estimate of drug-likeness (QED) is 0.742. The Balaban J connectivity index is 2.89. The van der Waals surface area contributed by atoms with Crippen molar-refractivity contribution >= 4 is 17.8 Å². The third-order valence-corrected chi connectivity index (χ3v) is 2.89. The normalized spacial score (nSPS) is 10.9. The highest BCUT2D eigenvalue weighted by Gasteiger charge is 2.21. The Morgan fingerprint density at radius 1 is 1.33 bits per heavy atom. The van der Waals surface area contributed by atoms with E-state index >= 15 is 0 Å². The van der Waals surface area contributed by atoms with Crippen LogP contribution in [0.15, 0.2) is 12.1 Å². The Kier molecular flexibility index (Phi) is 5.52. The molecule has 21 heavy (non-hydrogen) atoms. The summed E-state index contributed by atoms with van der Waals surface area (Å²) in [5.74, 6) is -0.733. The first-order chi connectivity index (χ1) is 9.79. The number of rotatable bonds is 7. The number of anilines is 1.